The van der Waals surface area contributed by atoms with E-state index >= 15 is 0 Å². The Morgan fingerprint density at radius 2 is 1.17 bits per heavy atom. The van der Waals surface area contributed by atoms with Gasteiger partial charge < -0.3 is 0 Å². The lowest BCUT2D eigenvalue weighted by Gasteiger charge is -2.15. The second-order valence-electron chi connectivity index (χ2n) is 7.18. The minimum Gasteiger partial charge on any atom is -0.149 e. The second-order valence-corrected chi connectivity index (χ2v) is 8.16. The number of unbranched alkanes of at least 4 members (excludes halogenated alkanes) is 11. The zero-order valence-corrected chi connectivity index (χ0v) is 16.6. The van der Waals surface area contributed by atoms with E-state index in [4.69, 9.17) is 0 Å². The van der Waals surface area contributed by atoms with Crippen LogP contribution in [0.15, 0.2) is 17.5 Å². The lowest BCUT2D eigenvalue weighted by molar-refractivity contribution is 0.489. The van der Waals surface area contributed by atoms with Crippen LogP contribution < -0.4 is 0 Å². The molecule has 0 aliphatic rings. The van der Waals surface area contributed by atoms with Crippen LogP contribution in [-0.2, 0) is 0 Å². The molecular weight excluding hydrogens is 296 g/mol. The van der Waals surface area contributed by atoms with Gasteiger partial charge in [-0.05, 0) is 30.2 Å². The Morgan fingerprint density at radius 3 is 1.61 bits per heavy atom. The van der Waals surface area contributed by atoms with Crippen molar-refractivity contribution in [2.45, 2.75) is 116 Å². The highest BCUT2D eigenvalue weighted by molar-refractivity contribution is 7.10. The average molecular weight is 337 g/mol. The van der Waals surface area contributed by atoms with Gasteiger partial charge >= 0.3 is 0 Å². The molecule has 0 nitrogen and oxygen atoms in total. The third-order valence-corrected chi connectivity index (χ3v) is 6.04. The molecule has 0 saturated carbocycles. The fraction of sp³-hybridized carbons (Fsp3) is 0.818. The van der Waals surface area contributed by atoms with E-state index in [1.54, 1.807) is 4.88 Å². The summed E-state index contributed by atoms with van der Waals surface area (Å²) in [6.07, 6.45) is 21.4. The zero-order chi connectivity index (χ0) is 16.6. The van der Waals surface area contributed by atoms with Crippen molar-refractivity contribution in [1.29, 1.82) is 0 Å². The Kier molecular flexibility index (Phi) is 13.7. The van der Waals surface area contributed by atoms with Crippen molar-refractivity contribution >= 4 is 11.3 Å². The van der Waals surface area contributed by atoms with Gasteiger partial charge in [0.05, 0.1) is 0 Å². The van der Waals surface area contributed by atoms with Gasteiger partial charge in [-0.3, -0.25) is 0 Å². The Hall–Kier alpha value is -0.300. The largest absolute Gasteiger partial charge is 0.149 e. The van der Waals surface area contributed by atoms with E-state index in [-0.39, 0.29) is 0 Å². The lowest BCUT2D eigenvalue weighted by atomic mass is 9.93. The first-order valence-electron chi connectivity index (χ1n) is 10.4. The molecule has 1 rings (SSSR count). The van der Waals surface area contributed by atoms with Crippen molar-refractivity contribution in [3.05, 3.63) is 22.4 Å². The number of thiophene rings is 1. The summed E-state index contributed by atoms with van der Waals surface area (Å²) in [5.74, 6) is 0.844. The van der Waals surface area contributed by atoms with Gasteiger partial charge in [-0.2, -0.15) is 0 Å². The van der Waals surface area contributed by atoms with E-state index in [2.05, 4.69) is 31.4 Å². The molecule has 1 aromatic heterocycles. The predicted molar refractivity (Wildman–Crippen MR) is 108 cm³/mol. The molecule has 0 bridgehead atoms. The third kappa shape index (κ3) is 11.0. The molecule has 1 heterocycles. The lowest BCUT2D eigenvalue weighted by Crippen LogP contribution is -1.97. The normalized spacial score (nSPS) is 12.6. The molecule has 1 atom stereocenters. The summed E-state index contributed by atoms with van der Waals surface area (Å²) in [6, 6.07) is 4.60. The number of hydrogen-bond acceptors (Lipinski definition) is 1. The summed E-state index contributed by atoms with van der Waals surface area (Å²) in [6.45, 7) is 4.60. The van der Waals surface area contributed by atoms with Crippen LogP contribution in [-0.4, -0.2) is 0 Å². The first-order chi connectivity index (χ1) is 11.4. The standard InChI is InChI=1S/C22H40S/c1-3-5-7-9-11-13-15-18-21(22-19-16-20-23-22)17-14-12-10-8-6-4-2/h16,19-21H,3-15,17-18H2,1-2H3. The fourth-order valence-corrected chi connectivity index (χ4v) is 4.37. The van der Waals surface area contributed by atoms with Gasteiger partial charge in [-0.1, -0.05) is 103 Å². The van der Waals surface area contributed by atoms with E-state index in [9.17, 15) is 0 Å². The first kappa shape index (κ1) is 20.7. The van der Waals surface area contributed by atoms with Gasteiger partial charge in [-0.25, -0.2) is 0 Å². The van der Waals surface area contributed by atoms with Crippen molar-refractivity contribution in [3.8, 4) is 0 Å². The van der Waals surface area contributed by atoms with Crippen LogP contribution in [0.25, 0.3) is 0 Å². The van der Waals surface area contributed by atoms with Gasteiger partial charge in [0.2, 0.25) is 0 Å². The molecule has 1 heteroatoms. The Balaban J connectivity index is 2.15. The van der Waals surface area contributed by atoms with Crippen molar-refractivity contribution < 1.29 is 0 Å². The van der Waals surface area contributed by atoms with E-state index in [1.165, 1.54) is 96.3 Å². The minimum absolute atomic E-state index is 0.844. The average Bonchev–Trinajstić information content (AvgIpc) is 3.09. The maximum absolute atomic E-state index is 2.37. The van der Waals surface area contributed by atoms with Crippen molar-refractivity contribution in [2.24, 2.45) is 0 Å². The van der Waals surface area contributed by atoms with Gasteiger partial charge in [0.15, 0.2) is 0 Å². The van der Waals surface area contributed by atoms with Crippen LogP contribution in [0.4, 0.5) is 0 Å². The quantitative estimate of drug-likeness (QED) is 0.265. The van der Waals surface area contributed by atoms with Crippen molar-refractivity contribution in [2.75, 3.05) is 0 Å². The molecule has 23 heavy (non-hydrogen) atoms. The Morgan fingerprint density at radius 1 is 0.696 bits per heavy atom. The molecule has 0 amide bonds. The smallest absolute Gasteiger partial charge is 0.00761 e. The zero-order valence-electron chi connectivity index (χ0n) is 15.8. The SMILES string of the molecule is CCCCCCCCCC(CCCCCCCC)c1cccs1. The molecule has 0 aliphatic carbocycles. The van der Waals surface area contributed by atoms with Gasteiger partial charge in [0.25, 0.3) is 0 Å². The topological polar surface area (TPSA) is 0 Å². The molecule has 0 saturated heterocycles. The number of hydrogen-bond donors (Lipinski definition) is 0. The van der Waals surface area contributed by atoms with Crippen LogP contribution in [0, 0.1) is 0 Å². The van der Waals surface area contributed by atoms with Crippen LogP contribution in [0.3, 0.4) is 0 Å². The van der Waals surface area contributed by atoms with Crippen molar-refractivity contribution in [1.82, 2.24) is 0 Å². The van der Waals surface area contributed by atoms with Crippen LogP contribution >= 0.6 is 11.3 Å². The summed E-state index contributed by atoms with van der Waals surface area (Å²) >= 11 is 1.98. The van der Waals surface area contributed by atoms with E-state index in [1.807, 2.05) is 11.3 Å². The molecule has 0 N–H and O–H groups in total. The molecule has 0 spiro atoms. The van der Waals surface area contributed by atoms with Gasteiger partial charge in [0, 0.05) is 4.88 Å². The maximum Gasteiger partial charge on any atom is 0.00761 e. The summed E-state index contributed by atoms with van der Waals surface area (Å²) < 4.78 is 0. The van der Waals surface area contributed by atoms with Crippen LogP contribution in [0.2, 0.25) is 0 Å². The summed E-state index contributed by atoms with van der Waals surface area (Å²) in [5, 5.41) is 2.26. The summed E-state index contributed by atoms with van der Waals surface area (Å²) in [5.41, 5.74) is 0. The highest BCUT2D eigenvalue weighted by Crippen LogP contribution is 2.31. The van der Waals surface area contributed by atoms with E-state index in [0.29, 0.717) is 0 Å². The molecule has 0 aromatic carbocycles. The van der Waals surface area contributed by atoms with E-state index < -0.39 is 0 Å². The monoisotopic (exact) mass is 336 g/mol. The van der Waals surface area contributed by atoms with Gasteiger partial charge in [0.1, 0.15) is 0 Å². The highest BCUT2D eigenvalue weighted by Gasteiger charge is 2.12. The molecule has 1 unspecified atom stereocenters. The molecule has 0 radical (unpaired) electrons. The molecular formula is C22H40S. The molecule has 1 aromatic rings. The summed E-state index contributed by atoms with van der Waals surface area (Å²) in [4.78, 5) is 1.64. The van der Waals surface area contributed by atoms with Crippen LogP contribution in [0.1, 0.15) is 121 Å². The third-order valence-electron chi connectivity index (χ3n) is 5.01. The fourth-order valence-electron chi connectivity index (χ4n) is 3.47. The minimum atomic E-state index is 0.844. The van der Waals surface area contributed by atoms with Crippen molar-refractivity contribution in [3.63, 3.8) is 0 Å². The summed E-state index contributed by atoms with van der Waals surface area (Å²) in [7, 11) is 0. The highest BCUT2D eigenvalue weighted by atomic mass is 32.1. The molecule has 0 fully saturated rings. The van der Waals surface area contributed by atoms with Gasteiger partial charge in [-0.15, -0.1) is 11.3 Å². The molecule has 134 valence electrons. The molecule has 0 aliphatic heterocycles. The number of rotatable bonds is 16. The first-order valence-corrected chi connectivity index (χ1v) is 11.3. The Labute approximate surface area is 150 Å². The predicted octanol–water partition coefficient (Wildman–Crippen LogP) is 8.72. The second kappa shape index (κ2) is 15.2. The van der Waals surface area contributed by atoms with E-state index in [0.717, 1.165) is 5.92 Å². The Bertz CT molecular complexity index is 328. The van der Waals surface area contributed by atoms with Crippen LogP contribution in [0.5, 0.6) is 0 Å². The maximum atomic E-state index is 2.37.